The predicted molar refractivity (Wildman–Crippen MR) is 53.9 cm³/mol. The van der Waals surface area contributed by atoms with E-state index >= 15 is 0 Å². The van der Waals surface area contributed by atoms with Gasteiger partial charge in [0.1, 0.15) is 0 Å². The van der Waals surface area contributed by atoms with Crippen molar-refractivity contribution in [2.24, 2.45) is 4.99 Å². The second kappa shape index (κ2) is 2.54. The number of hydrogen-bond donors (Lipinski definition) is 0. The summed E-state index contributed by atoms with van der Waals surface area (Å²) in [5, 5.41) is 0. The Bertz CT molecular complexity index is 551. The van der Waals surface area contributed by atoms with Crippen LogP contribution in [0.3, 0.4) is 0 Å². The minimum absolute atomic E-state index is 0.130. The summed E-state index contributed by atoms with van der Waals surface area (Å²) in [4.78, 5) is 15.2. The molecule has 0 N–H and O–H groups in total. The molecular weight excluding hydrogens is 176 g/mol. The quantitative estimate of drug-likeness (QED) is 0.613. The number of aliphatic imine (C=N–C) groups is 1. The van der Waals surface area contributed by atoms with Crippen LogP contribution < -0.4 is 0 Å². The Hall–Kier alpha value is -1.90. The number of rotatable bonds is 0. The molecule has 3 nitrogen and oxygen atoms in total. The first-order valence-electron chi connectivity index (χ1n) is 4.52. The molecule has 0 spiro atoms. The standard InChI is InChI=1S/C11H8N2O/c14-11-9-7-8-3-1-2-6-13(8)10(9)4-5-12-11/h1-3,5-7H,4H2. The molecular formula is C11H8N2O. The van der Waals surface area contributed by atoms with Gasteiger partial charge in [0, 0.05) is 30.0 Å². The molecule has 0 fully saturated rings. The van der Waals surface area contributed by atoms with Gasteiger partial charge in [-0.3, -0.25) is 4.79 Å². The SMILES string of the molecule is O=C1N=CCc2c1cc1ccccn21. The van der Waals surface area contributed by atoms with Crippen molar-refractivity contribution >= 4 is 17.6 Å². The molecule has 0 aromatic carbocycles. The van der Waals surface area contributed by atoms with E-state index in [0.717, 1.165) is 23.2 Å². The zero-order valence-corrected chi connectivity index (χ0v) is 7.47. The van der Waals surface area contributed by atoms with E-state index in [4.69, 9.17) is 0 Å². The fraction of sp³-hybridized carbons (Fsp3) is 0.0909. The highest BCUT2D eigenvalue weighted by Crippen LogP contribution is 2.20. The van der Waals surface area contributed by atoms with E-state index in [-0.39, 0.29) is 5.91 Å². The van der Waals surface area contributed by atoms with Crippen LogP contribution in [0.15, 0.2) is 35.5 Å². The maximum atomic E-state index is 11.4. The minimum atomic E-state index is -0.130. The first-order valence-corrected chi connectivity index (χ1v) is 4.52. The Morgan fingerprint density at radius 2 is 2.29 bits per heavy atom. The van der Waals surface area contributed by atoms with E-state index in [0.29, 0.717) is 0 Å². The van der Waals surface area contributed by atoms with Gasteiger partial charge in [-0.15, -0.1) is 0 Å². The Morgan fingerprint density at radius 1 is 1.36 bits per heavy atom. The van der Waals surface area contributed by atoms with Crippen molar-refractivity contribution in [3.63, 3.8) is 0 Å². The second-order valence-corrected chi connectivity index (χ2v) is 3.32. The molecule has 68 valence electrons. The average molecular weight is 184 g/mol. The molecule has 2 aromatic heterocycles. The number of carbonyl (C=O) groups is 1. The Morgan fingerprint density at radius 3 is 3.21 bits per heavy atom. The number of pyridine rings is 1. The lowest BCUT2D eigenvalue weighted by Gasteiger charge is -2.04. The molecule has 0 saturated heterocycles. The van der Waals surface area contributed by atoms with E-state index in [9.17, 15) is 4.79 Å². The summed E-state index contributed by atoms with van der Waals surface area (Å²) in [7, 11) is 0. The highest BCUT2D eigenvalue weighted by molar-refractivity contribution is 6.04. The lowest BCUT2D eigenvalue weighted by Crippen LogP contribution is -2.07. The smallest absolute Gasteiger partial charge is 0.278 e. The third-order valence-electron chi connectivity index (χ3n) is 2.51. The maximum absolute atomic E-state index is 11.4. The topological polar surface area (TPSA) is 33.8 Å². The summed E-state index contributed by atoms with van der Waals surface area (Å²) in [5.74, 6) is -0.130. The molecule has 3 rings (SSSR count). The highest BCUT2D eigenvalue weighted by atomic mass is 16.1. The van der Waals surface area contributed by atoms with Crippen molar-refractivity contribution in [1.29, 1.82) is 0 Å². The molecule has 14 heavy (non-hydrogen) atoms. The van der Waals surface area contributed by atoms with Crippen molar-refractivity contribution in [2.45, 2.75) is 6.42 Å². The normalized spacial score (nSPS) is 14.7. The van der Waals surface area contributed by atoms with Crippen LogP contribution in [0.1, 0.15) is 16.1 Å². The Labute approximate surface area is 80.7 Å². The van der Waals surface area contributed by atoms with Gasteiger partial charge in [0.05, 0.1) is 5.56 Å². The molecule has 0 radical (unpaired) electrons. The van der Waals surface area contributed by atoms with Gasteiger partial charge in [-0.1, -0.05) is 6.07 Å². The van der Waals surface area contributed by atoms with Crippen LogP contribution >= 0.6 is 0 Å². The Balaban J connectivity index is 2.41. The largest absolute Gasteiger partial charge is 0.320 e. The van der Waals surface area contributed by atoms with Crippen molar-refractivity contribution < 1.29 is 4.79 Å². The fourth-order valence-electron chi connectivity index (χ4n) is 1.86. The predicted octanol–water partition coefficient (Wildman–Crippen LogP) is 1.71. The summed E-state index contributed by atoms with van der Waals surface area (Å²) in [6.45, 7) is 0. The molecule has 3 heterocycles. The van der Waals surface area contributed by atoms with Gasteiger partial charge < -0.3 is 4.40 Å². The first kappa shape index (κ1) is 7.50. The average Bonchev–Trinajstić information content (AvgIpc) is 2.59. The van der Waals surface area contributed by atoms with E-state index in [1.165, 1.54) is 0 Å². The number of fused-ring (bicyclic) bond motifs is 3. The molecule has 1 aliphatic rings. The second-order valence-electron chi connectivity index (χ2n) is 3.32. The maximum Gasteiger partial charge on any atom is 0.278 e. The Kier molecular flexibility index (Phi) is 1.36. The first-order chi connectivity index (χ1) is 6.86. The molecule has 0 bridgehead atoms. The number of hydrogen-bond acceptors (Lipinski definition) is 1. The molecule has 0 saturated carbocycles. The zero-order valence-electron chi connectivity index (χ0n) is 7.47. The van der Waals surface area contributed by atoms with Crippen LogP contribution in [0.4, 0.5) is 0 Å². The van der Waals surface area contributed by atoms with Crippen molar-refractivity contribution in [2.75, 3.05) is 0 Å². The molecule has 0 unspecified atom stereocenters. The van der Waals surface area contributed by atoms with E-state index in [2.05, 4.69) is 4.99 Å². The molecule has 3 heteroatoms. The fourth-order valence-corrected chi connectivity index (χ4v) is 1.86. The molecule has 0 aliphatic carbocycles. The van der Waals surface area contributed by atoms with Gasteiger partial charge in [0.25, 0.3) is 5.91 Å². The van der Waals surface area contributed by atoms with Crippen molar-refractivity contribution in [3.8, 4) is 0 Å². The van der Waals surface area contributed by atoms with E-state index in [1.807, 2.05) is 34.9 Å². The highest BCUT2D eigenvalue weighted by Gasteiger charge is 2.17. The number of nitrogens with zero attached hydrogens (tertiary/aromatic N) is 2. The zero-order chi connectivity index (χ0) is 9.54. The van der Waals surface area contributed by atoms with Crippen LogP contribution in [0.5, 0.6) is 0 Å². The van der Waals surface area contributed by atoms with Gasteiger partial charge in [-0.25, -0.2) is 4.99 Å². The van der Waals surface area contributed by atoms with Gasteiger partial charge in [-0.05, 0) is 18.2 Å². The molecule has 1 amide bonds. The monoisotopic (exact) mass is 184 g/mol. The van der Waals surface area contributed by atoms with Crippen LogP contribution in [-0.2, 0) is 6.42 Å². The summed E-state index contributed by atoms with van der Waals surface area (Å²) in [6, 6.07) is 7.81. The molecule has 1 aliphatic heterocycles. The van der Waals surface area contributed by atoms with E-state index in [1.54, 1.807) is 6.21 Å². The van der Waals surface area contributed by atoms with Crippen LogP contribution in [0.2, 0.25) is 0 Å². The third kappa shape index (κ3) is 0.865. The summed E-state index contributed by atoms with van der Waals surface area (Å²) in [5.41, 5.74) is 2.83. The van der Waals surface area contributed by atoms with Crippen molar-refractivity contribution in [3.05, 3.63) is 41.7 Å². The number of amides is 1. The molecule has 2 aromatic rings. The van der Waals surface area contributed by atoms with Crippen molar-refractivity contribution in [1.82, 2.24) is 4.40 Å². The van der Waals surface area contributed by atoms with Gasteiger partial charge >= 0.3 is 0 Å². The summed E-state index contributed by atoms with van der Waals surface area (Å²) >= 11 is 0. The summed E-state index contributed by atoms with van der Waals surface area (Å²) < 4.78 is 2.04. The van der Waals surface area contributed by atoms with Gasteiger partial charge in [-0.2, -0.15) is 0 Å². The lowest BCUT2D eigenvalue weighted by atomic mass is 10.1. The van der Waals surface area contributed by atoms with Gasteiger partial charge in [0.2, 0.25) is 0 Å². The minimum Gasteiger partial charge on any atom is -0.320 e. The summed E-state index contributed by atoms with van der Waals surface area (Å²) in [6.07, 6.45) is 4.38. The van der Waals surface area contributed by atoms with Crippen LogP contribution in [0, 0.1) is 0 Å². The van der Waals surface area contributed by atoms with Gasteiger partial charge in [0.15, 0.2) is 0 Å². The molecule has 0 atom stereocenters. The third-order valence-corrected chi connectivity index (χ3v) is 2.51. The lowest BCUT2D eigenvalue weighted by molar-refractivity contribution is 0.100. The van der Waals surface area contributed by atoms with E-state index < -0.39 is 0 Å². The number of carbonyl (C=O) groups excluding carboxylic acids is 1. The number of aromatic nitrogens is 1. The van der Waals surface area contributed by atoms with Crippen LogP contribution in [0.25, 0.3) is 5.52 Å². The van der Waals surface area contributed by atoms with Crippen LogP contribution in [-0.4, -0.2) is 16.5 Å².